The average Bonchev–Trinajstić information content (AvgIpc) is 3.03. The smallest absolute Gasteiger partial charge is 0.226 e. The maximum absolute atomic E-state index is 12.5. The molecule has 3 heterocycles. The van der Waals surface area contributed by atoms with E-state index in [1.54, 1.807) is 31.0 Å². The molecular formula is C19H18ClN5O3. The quantitative estimate of drug-likeness (QED) is 0.724. The minimum atomic E-state index is -0.210. The number of hydrogen-bond donors (Lipinski definition) is 1. The van der Waals surface area contributed by atoms with Crippen LogP contribution in [0.1, 0.15) is 29.2 Å². The van der Waals surface area contributed by atoms with E-state index in [9.17, 15) is 4.79 Å². The molecule has 0 radical (unpaired) electrons. The van der Waals surface area contributed by atoms with E-state index in [1.165, 1.54) is 0 Å². The number of fused-ring (bicyclic) bond motifs is 1. The van der Waals surface area contributed by atoms with Gasteiger partial charge >= 0.3 is 0 Å². The highest BCUT2D eigenvalue weighted by Crippen LogP contribution is 2.43. The Morgan fingerprint density at radius 2 is 2.00 bits per heavy atom. The van der Waals surface area contributed by atoms with Crippen molar-refractivity contribution in [2.45, 2.75) is 19.3 Å². The van der Waals surface area contributed by atoms with Crippen molar-refractivity contribution in [3.8, 4) is 17.3 Å². The highest BCUT2D eigenvalue weighted by Gasteiger charge is 2.34. The van der Waals surface area contributed by atoms with Gasteiger partial charge < -0.3 is 14.8 Å². The largest absolute Gasteiger partial charge is 0.497 e. The molecule has 0 spiro atoms. The molecular weight excluding hydrogens is 382 g/mol. The zero-order chi connectivity index (χ0) is 19.8. The highest BCUT2D eigenvalue weighted by atomic mass is 35.5. The number of aryl methyl sites for hydroxylation is 1. The number of halogens is 1. The van der Waals surface area contributed by atoms with Gasteiger partial charge in [-0.25, -0.2) is 0 Å². The Hall–Kier alpha value is -3.13. The summed E-state index contributed by atoms with van der Waals surface area (Å²) in [7, 11) is 3.20. The molecule has 4 rings (SSSR count). The van der Waals surface area contributed by atoms with Gasteiger partial charge in [-0.1, -0.05) is 17.7 Å². The summed E-state index contributed by atoms with van der Waals surface area (Å²) in [5, 5.41) is 15.7. The van der Waals surface area contributed by atoms with Crippen LogP contribution in [-0.2, 0) is 4.79 Å². The average molecular weight is 400 g/mol. The summed E-state index contributed by atoms with van der Waals surface area (Å²) < 4.78 is 12.4. The normalized spacial score (nSPS) is 15.7. The monoisotopic (exact) mass is 399 g/mol. The van der Waals surface area contributed by atoms with Gasteiger partial charge in [-0.2, -0.15) is 9.78 Å². The molecule has 1 atom stereocenters. The SMILES string of the molecule is COc1ccc(C2CC(=O)Nc3c2c(C)nn3-c2ccc(Cl)nn2)c(OC)c1. The third-order valence-electron chi connectivity index (χ3n) is 4.75. The third-order valence-corrected chi connectivity index (χ3v) is 4.96. The fraction of sp³-hybridized carbons (Fsp3) is 0.263. The van der Waals surface area contributed by atoms with E-state index >= 15 is 0 Å². The first-order chi connectivity index (χ1) is 13.5. The number of aromatic nitrogens is 4. The first kappa shape index (κ1) is 18.2. The van der Waals surface area contributed by atoms with E-state index in [0.29, 0.717) is 23.1 Å². The Bertz CT molecular complexity index is 1050. The van der Waals surface area contributed by atoms with Gasteiger partial charge in [-0.05, 0) is 25.1 Å². The molecule has 1 unspecified atom stereocenters. The van der Waals surface area contributed by atoms with E-state index in [-0.39, 0.29) is 23.4 Å². The number of carbonyl (C=O) groups excluding carboxylic acids is 1. The van der Waals surface area contributed by atoms with Crippen LogP contribution in [0.15, 0.2) is 30.3 Å². The van der Waals surface area contributed by atoms with Crippen LogP contribution in [0.2, 0.25) is 5.15 Å². The van der Waals surface area contributed by atoms with Gasteiger partial charge in [0.15, 0.2) is 11.0 Å². The van der Waals surface area contributed by atoms with Crippen LogP contribution in [0.5, 0.6) is 11.5 Å². The van der Waals surface area contributed by atoms with E-state index in [2.05, 4.69) is 20.6 Å². The molecule has 1 amide bonds. The number of benzene rings is 1. The predicted molar refractivity (Wildman–Crippen MR) is 104 cm³/mol. The van der Waals surface area contributed by atoms with Gasteiger partial charge in [0, 0.05) is 29.5 Å². The number of hydrogen-bond acceptors (Lipinski definition) is 6. The van der Waals surface area contributed by atoms with Gasteiger partial charge in [0.25, 0.3) is 0 Å². The lowest BCUT2D eigenvalue weighted by atomic mass is 9.85. The van der Waals surface area contributed by atoms with Crippen LogP contribution >= 0.6 is 11.6 Å². The maximum Gasteiger partial charge on any atom is 0.226 e. The van der Waals surface area contributed by atoms with E-state index in [0.717, 1.165) is 16.8 Å². The third kappa shape index (κ3) is 3.05. The molecule has 0 bridgehead atoms. The lowest BCUT2D eigenvalue weighted by Crippen LogP contribution is -2.25. The molecule has 0 fully saturated rings. The summed E-state index contributed by atoms with van der Waals surface area (Å²) in [6.45, 7) is 1.90. The zero-order valence-corrected chi connectivity index (χ0v) is 16.3. The number of carbonyl (C=O) groups is 1. The summed E-state index contributed by atoms with van der Waals surface area (Å²) in [6.07, 6.45) is 0.286. The molecule has 0 saturated heterocycles. The van der Waals surface area contributed by atoms with Crippen LogP contribution in [0.4, 0.5) is 5.82 Å². The number of methoxy groups -OCH3 is 2. The van der Waals surface area contributed by atoms with E-state index in [4.69, 9.17) is 21.1 Å². The fourth-order valence-corrected chi connectivity index (χ4v) is 3.61. The molecule has 0 aliphatic carbocycles. The number of amides is 1. The lowest BCUT2D eigenvalue weighted by Gasteiger charge is -2.25. The molecule has 3 aromatic rings. The van der Waals surface area contributed by atoms with Gasteiger partial charge in [0.1, 0.15) is 17.3 Å². The standard InChI is InChI=1S/C19H18ClN5O3/c1-10-18-13(12-5-4-11(27-2)8-14(12)28-3)9-17(26)21-19(18)25(24-10)16-7-6-15(20)22-23-16/h4-8,13H,9H2,1-3H3,(H,21,26). The minimum Gasteiger partial charge on any atom is -0.497 e. The van der Waals surface area contributed by atoms with Crippen LogP contribution in [0.3, 0.4) is 0 Å². The van der Waals surface area contributed by atoms with E-state index < -0.39 is 0 Å². The zero-order valence-electron chi connectivity index (χ0n) is 15.6. The van der Waals surface area contributed by atoms with Crippen LogP contribution in [-0.4, -0.2) is 40.1 Å². The number of ether oxygens (including phenoxy) is 2. The van der Waals surface area contributed by atoms with Crippen molar-refractivity contribution in [1.82, 2.24) is 20.0 Å². The van der Waals surface area contributed by atoms with Crippen LogP contribution in [0, 0.1) is 6.92 Å². The van der Waals surface area contributed by atoms with Gasteiger partial charge in [0.2, 0.25) is 5.91 Å². The molecule has 8 nitrogen and oxygen atoms in total. The van der Waals surface area contributed by atoms with Crippen molar-refractivity contribution in [1.29, 1.82) is 0 Å². The Morgan fingerprint density at radius 1 is 1.18 bits per heavy atom. The molecule has 1 N–H and O–H groups in total. The van der Waals surface area contributed by atoms with Crippen molar-refractivity contribution in [2.24, 2.45) is 0 Å². The van der Waals surface area contributed by atoms with E-state index in [1.807, 2.05) is 25.1 Å². The topological polar surface area (TPSA) is 91.2 Å². The molecule has 2 aromatic heterocycles. The number of nitrogens with one attached hydrogen (secondary N) is 1. The second-order valence-corrected chi connectivity index (χ2v) is 6.77. The van der Waals surface area contributed by atoms with Gasteiger partial charge in [0.05, 0.1) is 19.9 Å². The maximum atomic E-state index is 12.5. The Labute approximate surface area is 166 Å². The van der Waals surface area contributed by atoms with Gasteiger partial charge in [-0.15, -0.1) is 10.2 Å². The lowest BCUT2D eigenvalue weighted by molar-refractivity contribution is -0.116. The molecule has 9 heteroatoms. The van der Waals surface area contributed by atoms with Gasteiger partial charge in [-0.3, -0.25) is 4.79 Å². The van der Waals surface area contributed by atoms with Crippen molar-refractivity contribution >= 4 is 23.3 Å². The summed E-state index contributed by atoms with van der Waals surface area (Å²) in [6, 6.07) is 8.91. The summed E-state index contributed by atoms with van der Waals surface area (Å²) in [5.41, 5.74) is 2.60. The minimum absolute atomic E-state index is 0.113. The molecule has 1 aliphatic heterocycles. The number of nitrogens with zero attached hydrogens (tertiary/aromatic N) is 4. The van der Waals surface area contributed by atoms with Crippen LogP contribution in [0.25, 0.3) is 5.82 Å². The predicted octanol–water partition coefficient (Wildman–Crippen LogP) is 3.12. The van der Waals surface area contributed by atoms with Crippen molar-refractivity contribution in [2.75, 3.05) is 19.5 Å². The van der Waals surface area contributed by atoms with Crippen LogP contribution < -0.4 is 14.8 Å². The number of rotatable bonds is 4. The second kappa shape index (κ2) is 7.12. The summed E-state index contributed by atoms with van der Waals surface area (Å²) >= 11 is 5.84. The first-order valence-electron chi connectivity index (χ1n) is 8.62. The highest BCUT2D eigenvalue weighted by molar-refractivity contribution is 6.29. The van der Waals surface area contributed by atoms with Crippen molar-refractivity contribution in [3.63, 3.8) is 0 Å². The molecule has 0 saturated carbocycles. The Morgan fingerprint density at radius 3 is 2.68 bits per heavy atom. The summed E-state index contributed by atoms with van der Waals surface area (Å²) in [5.74, 6) is 2.06. The molecule has 28 heavy (non-hydrogen) atoms. The Balaban J connectivity index is 1.86. The Kier molecular flexibility index (Phi) is 4.64. The molecule has 1 aliphatic rings. The first-order valence-corrected chi connectivity index (χ1v) is 9.00. The second-order valence-electron chi connectivity index (χ2n) is 6.39. The fourth-order valence-electron chi connectivity index (χ4n) is 3.51. The molecule has 1 aromatic carbocycles. The molecule has 144 valence electrons. The number of anilines is 1. The summed E-state index contributed by atoms with van der Waals surface area (Å²) in [4.78, 5) is 12.5. The van der Waals surface area contributed by atoms with Crippen molar-refractivity contribution in [3.05, 3.63) is 52.3 Å². The van der Waals surface area contributed by atoms with Crippen molar-refractivity contribution < 1.29 is 14.3 Å².